The first kappa shape index (κ1) is 16.8. The van der Waals surface area contributed by atoms with E-state index < -0.39 is 12.7 Å². The average Bonchev–Trinajstić information content (AvgIpc) is 3.03. The Morgan fingerprint density at radius 2 is 1.46 bits per heavy atom. The molecule has 0 saturated carbocycles. The summed E-state index contributed by atoms with van der Waals surface area (Å²) in [5, 5.41) is 3.79. The molecule has 1 aromatic heterocycles. The van der Waals surface area contributed by atoms with E-state index in [4.69, 9.17) is 0 Å². The molecule has 134 valence electrons. The van der Waals surface area contributed by atoms with E-state index in [1.54, 1.807) is 0 Å². The van der Waals surface area contributed by atoms with E-state index in [1.807, 2.05) is 12.1 Å². The smallest absolute Gasteiger partial charge is 0.237 e. The van der Waals surface area contributed by atoms with Crippen molar-refractivity contribution in [3.63, 3.8) is 0 Å². The van der Waals surface area contributed by atoms with Crippen LogP contribution in [0, 0.1) is 0 Å². The summed E-state index contributed by atoms with van der Waals surface area (Å²) in [7, 11) is 0. The Balaban J connectivity index is 1.75. The van der Waals surface area contributed by atoms with Crippen LogP contribution in [0.3, 0.4) is 0 Å². The fourth-order valence-electron chi connectivity index (χ4n) is 3.40. The van der Waals surface area contributed by atoms with Gasteiger partial charge >= 0.3 is 6.18 Å². The number of hydrogen-bond donors (Lipinski definition) is 0. The molecular formula is C20H18F3N3. The minimum atomic E-state index is -4.33. The lowest BCUT2D eigenvalue weighted by Crippen LogP contribution is -2.19. The summed E-state index contributed by atoms with van der Waals surface area (Å²) in [6, 6.07) is 14.6. The van der Waals surface area contributed by atoms with Crippen molar-refractivity contribution in [2.75, 3.05) is 0 Å². The van der Waals surface area contributed by atoms with Gasteiger partial charge in [0.1, 0.15) is 12.9 Å². The average molecular weight is 357 g/mol. The lowest BCUT2D eigenvalue weighted by molar-refractivity contribution is -0.142. The molecule has 0 saturated heterocycles. The highest BCUT2D eigenvalue weighted by Crippen LogP contribution is 2.28. The van der Waals surface area contributed by atoms with Crippen LogP contribution in [0.25, 0.3) is 11.4 Å². The van der Waals surface area contributed by atoms with Crippen molar-refractivity contribution in [1.29, 1.82) is 0 Å². The van der Waals surface area contributed by atoms with Gasteiger partial charge in [-0.1, -0.05) is 36.4 Å². The monoisotopic (exact) mass is 357 g/mol. The van der Waals surface area contributed by atoms with Crippen LogP contribution in [0.1, 0.15) is 22.3 Å². The fourth-order valence-corrected chi connectivity index (χ4v) is 3.40. The first-order valence-electron chi connectivity index (χ1n) is 8.62. The summed E-state index contributed by atoms with van der Waals surface area (Å²) in [5.74, 6) is 0.283. The van der Waals surface area contributed by atoms with Crippen molar-refractivity contribution in [1.82, 2.24) is 14.8 Å². The fraction of sp³-hybridized carbons (Fsp3) is 0.300. The lowest BCUT2D eigenvalue weighted by atomic mass is 9.93. The third-order valence-corrected chi connectivity index (χ3v) is 4.77. The number of aromatic nitrogens is 3. The van der Waals surface area contributed by atoms with Crippen LogP contribution >= 0.6 is 0 Å². The molecule has 2 aromatic carbocycles. The van der Waals surface area contributed by atoms with Crippen molar-refractivity contribution in [3.05, 3.63) is 71.0 Å². The Morgan fingerprint density at radius 3 is 2.15 bits per heavy atom. The van der Waals surface area contributed by atoms with Crippen LogP contribution in [0.4, 0.5) is 13.2 Å². The molecule has 0 unspecified atom stereocenters. The molecule has 4 aliphatic carbocycles. The molecule has 0 radical (unpaired) electrons. The Hall–Kier alpha value is -2.63. The highest BCUT2D eigenvalue weighted by atomic mass is 19.4. The zero-order chi connectivity index (χ0) is 18.1. The number of hydrogen-bond acceptors (Lipinski definition) is 2. The summed E-state index contributed by atoms with van der Waals surface area (Å²) >= 11 is 0. The molecule has 0 amide bonds. The predicted octanol–water partition coefficient (Wildman–Crippen LogP) is 4.39. The molecule has 3 aromatic rings. The SMILES string of the molecule is FC(F)(F)Cn1ncnc1-c1cc2ccc1CCc1ccc(cc1)CC2. The number of rotatable bonds is 2. The van der Waals surface area contributed by atoms with Crippen molar-refractivity contribution < 1.29 is 13.2 Å². The van der Waals surface area contributed by atoms with Gasteiger partial charge in [0, 0.05) is 5.56 Å². The van der Waals surface area contributed by atoms with E-state index in [0.717, 1.165) is 47.1 Å². The van der Waals surface area contributed by atoms with Gasteiger partial charge in [0.25, 0.3) is 0 Å². The summed E-state index contributed by atoms with van der Waals surface area (Å²) in [5.41, 5.74) is 5.32. The number of benzene rings is 2. The van der Waals surface area contributed by atoms with Crippen molar-refractivity contribution in [2.45, 2.75) is 38.4 Å². The van der Waals surface area contributed by atoms with Crippen molar-refractivity contribution in [3.8, 4) is 11.4 Å². The van der Waals surface area contributed by atoms with Crippen molar-refractivity contribution in [2.24, 2.45) is 0 Å². The van der Waals surface area contributed by atoms with E-state index in [1.165, 1.54) is 17.5 Å². The van der Waals surface area contributed by atoms with E-state index in [0.29, 0.717) is 0 Å². The van der Waals surface area contributed by atoms with Crippen LogP contribution in [-0.2, 0) is 32.2 Å². The van der Waals surface area contributed by atoms with Gasteiger partial charge in [0.2, 0.25) is 0 Å². The summed E-state index contributed by atoms with van der Waals surface area (Å²) in [6.07, 6.45) is 0.170. The zero-order valence-corrected chi connectivity index (χ0v) is 14.1. The minimum absolute atomic E-state index is 0.283. The van der Waals surface area contributed by atoms with Gasteiger partial charge in [-0.15, -0.1) is 0 Å². The molecule has 3 nitrogen and oxygen atoms in total. The van der Waals surface area contributed by atoms with Crippen LogP contribution in [0.15, 0.2) is 48.8 Å². The third-order valence-electron chi connectivity index (χ3n) is 4.77. The van der Waals surface area contributed by atoms with Gasteiger partial charge in [-0.2, -0.15) is 18.3 Å². The van der Waals surface area contributed by atoms with Gasteiger partial charge < -0.3 is 0 Å². The normalized spacial score (nSPS) is 14.3. The number of nitrogens with zero attached hydrogens (tertiary/aromatic N) is 3. The van der Waals surface area contributed by atoms with E-state index in [9.17, 15) is 13.2 Å². The maximum Gasteiger partial charge on any atom is 0.408 e. The topological polar surface area (TPSA) is 30.7 Å². The second-order valence-electron chi connectivity index (χ2n) is 6.66. The van der Waals surface area contributed by atoms with E-state index in [2.05, 4.69) is 40.4 Å². The summed E-state index contributed by atoms with van der Waals surface area (Å²) in [4.78, 5) is 4.13. The van der Waals surface area contributed by atoms with Gasteiger partial charge in [-0.3, -0.25) is 0 Å². The molecule has 1 heterocycles. The summed E-state index contributed by atoms with van der Waals surface area (Å²) in [6.45, 7) is -1.13. The first-order chi connectivity index (χ1) is 12.5. The van der Waals surface area contributed by atoms with Gasteiger partial charge in [0.05, 0.1) is 0 Å². The number of aryl methyl sites for hydroxylation is 4. The largest absolute Gasteiger partial charge is 0.408 e. The first-order valence-corrected chi connectivity index (χ1v) is 8.62. The van der Waals surface area contributed by atoms with Crippen LogP contribution in [0.2, 0.25) is 0 Å². The van der Waals surface area contributed by atoms with Crippen LogP contribution < -0.4 is 0 Å². The van der Waals surface area contributed by atoms with Crippen LogP contribution in [-0.4, -0.2) is 20.9 Å². The molecule has 7 rings (SSSR count). The Labute approximate surface area is 149 Å². The molecule has 0 N–H and O–H groups in total. The molecule has 0 atom stereocenters. The summed E-state index contributed by atoms with van der Waals surface area (Å²) < 4.78 is 39.5. The molecule has 4 aliphatic rings. The Morgan fingerprint density at radius 1 is 0.846 bits per heavy atom. The molecule has 0 aliphatic heterocycles. The molecular weight excluding hydrogens is 339 g/mol. The van der Waals surface area contributed by atoms with Crippen LogP contribution in [0.5, 0.6) is 0 Å². The van der Waals surface area contributed by atoms with Gasteiger partial charge in [0.15, 0.2) is 5.82 Å². The van der Waals surface area contributed by atoms with E-state index in [-0.39, 0.29) is 5.82 Å². The second kappa shape index (κ2) is 6.59. The second-order valence-corrected chi connectivity index (χ2v) is 6.66. The molecule has 4 bridgehead atoms. The third kappa shape index (κ3) is 3.64. The van der Waals surface area contributed by atoms with Gasteiger partial charge in [-0.05, 0) is 54.0 Å². The molecule has 26 heavy (non-hydrogen) atoms. The molecule has 0 spiro atoms. The minimum Gasteiger partial charge on any atom is -0.237 e. The highest BCUT2D eigenvalue weighted by Gasteiger charge is 2.30. The quantitative estimate of drug-likeness (QED) is 0.681. The molecule has 0 fully saturated rings. The highest BCUT2D eigenvalue weighted by molar-refractivity contribution is 5.62. The zero-order valence-electron chi connectivity index (χ0n) is 14.1. The standard InChI is InChI=1S/C20H18F3N3/c21-20(22,23)12-26-19(24-13-25-26)18-11-16-6-5-14-1-3-15(4-2-14)7-9-17(18)10-8-16/h1-4,8,10-11,13H,5-7,9,12H2. The molecule has 6 heteroatoms. The van der Waals surface area contributed by atoms with E-state index >= 15 is 0 Å². The maximum absolute atomic E-state index is 12.9. The lowest BCUT2D eigenvalue weighted by Gasteiger charge is -2.15. The van der Waals surface area contributed by atoms with Gasteiger partial charge in [-0.25, -0.2) is 9.67 Å². The predicted molar refractivity (Wildman–Crippen MR) is 92.8 cm³/mol. The Kier molecular flexibility index (Phi) is 4.26. The number of alkyl halides is 3. The van der Waals surface area contributed by atoms with Crippen molar-refractivity contribution >= 4 is 0 Å². The Bertz CT molecular complexity index is 911. The number of halogens is 3. The maximum atomic E-state index is 12.9.